The lowest BCUT2D eigenvalue weighted by atomic mass is 10.1. The van der Waals surface area contributed by atoms with Crippen LogP contribution in [0.2, 0.25) is 5.02 Å². The normalized spacial score (nSPS) is 12.6. The SMILES string of the molecule is CC(=O)C(I)c1cccc(Cl)c1. The second kappa shape index (κ2) is 4.23. The molecule has 12 heavy (non-hydrogen) atoms. The lowest BCUT2D eigenvalue weighted by molar-refractivity contribution is -0.116. The van der Waals surface area contributed by atoms with E-state index >= 15 is 0 Å². The van der Waals surface area contributed by atoms with Crippen LogP contribution >= 0.6 is 34.2 Å². The molecular formula is C9H8ClIO. The summed E-state index contributed by atoms with van der Waals surface area (Å²) in [6.45, 7) is 1.58. The highest BCUT2D eigenvalue weighted by atomic mass is 127. The fourth-order valence-corrected chi connectivity index (χ4v) is 1.49. The van der Waals surface area contributed by atoms with E-state index in [-0.39, 0.29) is 9.71 Å². The molecule has 3 heteroatoms. The summed E-state index contributed by atoms with van der Waals surface area (Å²) in [7, 11) is 0. The summed E-state index contributed by atoms with van der Waals surface area (Å²) in [4.78, 5) is 11.0. The Morgan fingerprint density at radius 3 is 2.75 bits per heavy atom. The standard InChI is InChI=1S/C9H8ClIO/c1-6(12)9(11)7-3-2-4-8(10)5-7/h2-5,9H,1H3. The number of halogens is 2. The van der Waals surface area contributed by atoms with Gasteiger partial charge in [0.2, 0.25) is 0 Å². The van der Waals surface area contributed by atoms with Crippen LogP contribution in [0.3, 0.4) is 0 Å². The number of hydrogen-bond donors (Lipinski definition) is 0. The Kier molecular flexibility index (Phi) is 3.53. The Morgan fingerprint density at radius 1 is 1.58 bits per heavy atom. The third kappa shape index (κ3) is 2.45. The van der Waals surface area contributed by atoms with Crippen molar-refractivity contribution in [2.24, 2.45) is 0 Å². The lowest BCUT2D eigenvalue weighted by Gasteiger charge is -2.05. The monoisotopic (exact) mass is 294 g/mol. The largest absolute Gasteiger partial charge is 0.298 e. The molecular weight excluding hydrogens is 286 g/mol. The topological polar surface area (TPSA) is 17.1 Å². The van der Waals surface area contributed by atoms with Gasteiger partial charge in [-0.2, -0.15) is 0 Å². The first kappa shape index (κ1) is 9.99. The third-order valence-electron chi connectivity index (χ3n) is 1.50. The lowest BCUT2D eigenvalue weighted by Crippen LogP contribution is -2.00. The van der Waals surface area contributed by atoms with Crippen LogP contribution < -0.4 is 0 Å². The Morgan fingerprint density at radius 2 is 2.25 bits per heavy atom. The van der Waals surface area contributed by atoms with E-state index in [0.29, 0.717) is 5.02 Å². The van der Waals surface area contributed by atoms with Crippen LogP contribution in [0.1, 0.15) is 16.4 Å². The van der Waals surface area contributed by atoms with E-state index in [1.165, 1.54) is 0 Å². The number of alkyl halides is 1. The third-order valence-corrected chi connectivity index (χ3v) is 3.33. The molecule has 64 valence electrons. The Hall–Kier alpha value is -0.0900. The van der Waals surface area contributed by atoms with Gasteiger partial charge in [-0.3, -0.25) is 4.79 Å². The molecule has 1 unspecified atom stereocenters. The Balaban J connectivity index is 2.95. The molecule has 0 N–H and O–H groups in total. The van der Waals surface area contributed by atoms with Crippen LogP contribution in [-0.2, 0) is 4.79 Å². The second-order valence-electron chi connectivity index (χ2n) is 2.53. The van der Waals surface area contributed by atoms with Gasteiger partial charge in [-0.1, -0.05) is 46.3 Å². The molecule has 1 nitrogen and oxygen atoms in total. The summed E-state index contributed by atoms with van der Waals surface area (Å²) >= 11 is 7.88. The number of hydrogen-bond acceptors (Lipinski definition) is 1. The first-order valence-electron chi connectivity index (χ1n) is 3.51. The summed E-state index contributed by atoms with van der Waals surface area (Å²) in [5.74, 6) is 0.151. The van der Waals surface area contributed by atoms with Gasteiger partial charge in [-0.05, 0) is 24.6 Å². The van der Waals surface area contributed by atoms with E-state index in [2.05, 4.69) is 22.6 Å². The number of carbonyl (C=O) groups excluding carboxylic acids is 1. The molecule has 0 aliphatic carbocycles. The molecule has 0 heterocycles. The maximum Gasteiger partial charge on any atom is 0.147 e. The highest BCUT2D eigenvalue weighted by Gasteiger charge is 2.11. The quantitative estimate of drug-likeness (QED) is 0.603. The molecule has 0 fully saturated rings. The molecule has 0 radical (unpaired) electrons. The maximum absolute atomic E-state index is 11.0. The molecule has 1 aromatic carbocycles. The zero-order chi connectivity index (χ0) is 9.14. The zero-order valence-corrected chi connectivity index (χ0v) is 9.46. The number of benzene rings is 1. The van der Waals surface area contributed by atoms with E-state index in [4.69, 9.17) is 11.6 Å². The van der Waals surface area contributed by atoms with E-state index in [9.17, 15) is 4.79 Å². The average molecular weight is 295 g/mol. The van der Waals surface area contributed by atoms with E-state index in [1.807, 2.05) is 18.2 Å². The van der Waals surface area contributed by atoms with Crippen molar-refractivity contribution in [1.82, 2.24) is 0 Å². The maximum atomic E-state index is 11.0. The van der Waals surface area contributed by atoms with Gasteiger partial charge < -0.3 is 0 Å². The fraction of sp³-hybridized carbons (Fsp3) is 0.222. The highest BCUT2D eigenvalue weighted by Crippen LogP contribution is 2.25. The van der Waals surface area contributed by atoms with Gasteiger partial charge in [0.1, 0.15) is 5.78 Å². The molecule has 1 atom stereocenters. The number of carbonyl (C=O) groups is 1. The van der Waals surface area contributed by atoms with Crippen LogP contribution in [0.5, 0.6) is 0 Å². The first-order valence-corrected chi connectivity index (χ1v) is 5.13. The zero-order valence-electron chi connectivity index (χ0n) is 6.55. The minimum absolute atomic E-state index is 0.0821. The summed E-state index contributed by atoms with van der Waals surface area (Å²) in [5, 5.41) is 0.676. The van der Waals surface area contributed by atoms with Gasteiger partial charge >= 0.3 is 0 Å². The molecule has 0 aliphatic rings. The van der Waals surface area contributed by atoms with Crippen molar-refractivity contribution in [2.75, 3.05) is 0 Å². The van der Waals surface area contributed by atoms with Gasteiger partial charge in [-0.25, -0.2) is 0 Å². The van der Waals surface area contributed by atoms with Gasteiger partial charge in [-0.15, -0.1) is 0 Å². The highest BCUT2D eigenvalue weighted by molar-refractivity contribution is 14.1. The van der Waals surface area contributed by atoms with Crippen molar-refractivity contribution in [1.29, 1.82) is 0 Å². The van der Waals surface area contributed by atoms with Gasteiger partial charge in [0.25, 0.3) is 0 Å². The Labute approximate surface area is 90.3 Å². The van der Waals surface area contributed by atoms with Crippen molar-refractivity contribution >= 4 is 40.0 Å². The van der Waals surface area contributed by atoms with Crippen molar-refractivity contribution in [3.63, 3.8) is 0 Å². The molecule has 0 spiro atoms. The summed E-state index contributed by atoms with van der Waals surface area (Å²) in [6.07, 6.45) is 0. The smallest absolute Gasteiger partial charge is 0.147 e. The predicted molar refractivity (Wildman–Crippen MR) is 58.9 cm³/mol. The number of Topliss-reactive ketones (excluding diaryl/α,β-unsaturated/α-hetero) is 1. The molecule has 0 bridgehead atoms. The van der Waals surface area contributed by atoms with Crippen LogP contribution in [0.25, 0.3) is 0 Å². The van der Waals surface area contributed by atoms with Crippen LogP contribution in [0, 0.1) is 0 Å². The molecule has 0 saturated carbocycles. The van der Waals surface area contributed by atoms with Crippen molar-refractivity contribution in [3.05, 3.63) is 34.9 Å². The van der Waals surface area contributed by atoms with Crippen LogP contribution in [-0.4, -0.2) is 5.78 Å². The molecule has 1 rings (SSSR count). The predicted octanol–water partition coefficient (Wildman–Crippen LogP) is 3.41. The molecule has 1 aromatic rings. The van der Waals surface area contributed by atoms with Gasteiger partial charge in [0.15, 0.2) is 0 Å². The molecule has 0 aliphatic heterocycles. The van der Waals surface area contributed by atoms with E-state index in [0.717, 1.165) is 5.56 Å². The Bertz CT molecular complexity index is 298. The first-order chi connectivity index (χ1) is 5.61. The van der Waals surface area contributed by atoms with Crippen molar-refractivity contribution in [3.8, 4) is 0 Å². The molecule has 0 aromatic heterocycles. The van der Waals surface area contributed by atoms with Crippen LogP contribution in [0.15, 0.2) is 24.3 Å². The van der Waals surface area contributed by atoms with Crippen molar-refractivity contribution in [2.45, 2.75) is 10.8 Å². The van der Waals surface area contributed by atoms with Gasteiger partial charge in [0, 0.05) is 5.02 Å². The minimum atomic E-state index is -0.0821. The number of rotatable bonds is 2. The molecule has 0 amide bonds. The summed E-state index contributed by atoms with van der Waals surface area (Å²) in [5.41, 5.74) is 0.968. The molecule has 0 saturated heterocycles. The van der Waals surface area contributed by atoms with Crippen LogP contribution in [0.4, 0.5) is 0 Å². The number of ketones is 1. The average Bonchev–Trinajstić information content (AvgIpc) is 2.03. The van der Waals surface area contributed by atoms with Gasteiger partial charge in [0.05, 0.1) is 3.92 Å². The fourth-order valence-electron chi connectivity index (χ4n) is 0.899. The van der Waals surface area contributed by atoms with E-state index in [1.54, 1.807) is 13.0 Å². The second-order valence-corrected chi connectivity index (χ2v) is 4.21. The summed E-state index contributed by atoms with van der Waals surface area (Å²) in [6, 6.07) is 7.38. The van der Waals surface area contributed by atoms with Crippen molar-refractivity contribution < 1.29 is 4.79 Å². The minimum Gasteiger partial charge on any atom is -0.298 e. The summed E-state index contributed by atoms with van der Waals surface area (Å²) < 4.78 is -0.0821. The van der Waals surface area contributed by atoms with E-state index < -0.39 is 0 Å².